The minimum absolute atomic E-state index is 0.0856. The standard InChI is InChI=1S/C11H7Cl2N3O2S2/c12-8-3-7(15)4-9(13)10(8)20(17,18)16-11-6(5-14)1-2-19-11/h1-4,16H,15H2. The Balaban J connectivity index is 2.50. The summed E-state index contributed by atoms with van der Waals surface area (Å²) in [4.78, 5) is -0.271. The molecule has 0 aliphatic rings. The fraction of sp³-hybridized carbons (Fsp3) is 0. The van der Waals surface area contributed by atoms with Crippen molar-refractivity contribution in [1.82, 2.24) is 0 Å². The van der Waals surface area contributed by atoms with Crippen LogP contribution in [0.15, 0.2) is 28.5 Å². The van der Waals surface area contributed by atoms with Crippen molar-refractivity contribution in [2.45, 2.75) is 4.90 Å². The maximum Gasteiger partial charge on any atom is 0.265 e. The maximum atomic E-state index is 12.3. The number of nitrogens with zero attached hydrogens (tertiary/aromatic N) is 1. The van der Waals surface area contributed by atoms with Gasteiger partial charge in [0.1, 0.15) is 16.0 Å². The molecule has 1 aromatic heterocycles. The Morgan fingerprint density at radius 2 is 1.90 bits per heavy atom. The molecule has 0 radical (unpaired) electrons. The van der Waals surface area contributed by atoms with Gasteiger partial charge in [-0.1, -0.05) is 23.2 Å². The number of nitrogen functional groups attached to an aromatic ring is 1. The molecule has 2 rings (SSSR count). The summed E-state index contributed by atoms with van der Waals surface area (Å²) in [6, 6.07) is 5.98. The van der Waals surface area contributed by atoms with E-state index < -0.39 is 10.0 Å². The van der Waals surface area contributed by atoms with Gasteiger partial charge in [-0.25, -0.2) is 8.42 Å². The summed E-state index contributed by atoms with van der Waals surface area (Å²) in [5.41, 5.74) is 6.01. The van der Waals surface area contributed by atoms with Gasteiger partial charge in [0.2, 0.25) is 0 Å². The molecule has 5 nitrogen and oxygen atoms in total. The Labute approximate surface area is 129 Å². The first kappa shape index (κ1) is 14.9. The number of nitrogens with two attached hydrogens (primary N) is 1. The molecular weight excluding hydrogens is 341 g/mol. The van der Waals surface area contributed by atoms with Gasteiger partial charge in [-0.3, -0.25) is 4.72 Å². The zero-order valence-corrected chi connectivity index (χ0v) is 12.9. The number of hydrogen-bond donors (Lipinski definition) is 2. The van der Waals surface area contributed by atoms with E-state index in [1.54, 1.807) is 5.38 Å². The fourth-order valence-electron chi connectivity index (χ4n) is 1.49. The monoisotopic (exact) mass is 347 g/mol. The Hall–Kier alpha value is -1.46. The van der Waals surface area contributed by atoms with Crippen molar-refractivity contribution < 1.29 is 8.42 Å². The summed E-state index contributed by atoms with van der Waals surface area (Å²) < 4.78 is 26.9. The average molecular weight is 348 g/mol. The second-order valence-corrected chi connectivity index (χ2v) is 7.04. The summed E-state index contributed by atoms with van der Waals surface area (Å²) in [5.74, 6) is 0. The molecule has 0 aliphatic carbocycles. The normalized spacial score (nSPS) is 11.1. The van der Waals surface area contributed by atoms with E-state index in [2.05, 4.69) is 4.72 Å². The molecule has 104 valence electrons. The van der Waals surface area contributed by atoms with Gasteiger partial charge in [0, 0.05) is 5.69 Å². The van der Waals surface area contributed by atoms with Crippen LogP contribution in [0.5, 0.6) is 0 Å². The highest BCUT2D eigenvalue weighted by molar-refractivity contribution is 7.93. The van der Waals surface area contributed by atoms with E-state index in [1.807, 2.05) is 6.07 Å². The number of hydrogen-bond acceptors (Lipinski definition) is 5. The highest BCUT2D eigenvalue weighted by Gasteiger charge is 2.24. The van der Waals surface area contributed by atoms with E-state index in [9.17, 15) is 8.42 Å². The van der Waals surface area contributed by atoms with Crippen LogP contribution in [0.1, 0.15) is 5.56 Å². The van der Waals surface area contributed by atoms with Gasteiger partial charge >= 0.3 is 0 Å². The molecule has 20 heavy (non-hydrogen) atoms. The third-order valence-corrected chi connectivity index (χ3v) is 5.53. The maximum absolute atomic E-state index is 12.3. The minimum atomic E-state index is -4.00. The number of benzene rings is 1. The summed E-state index contributed by atoms with van der Waals surface area (Å²) in [6.45, 7) is 0. The van der Waals surface area contributed by atoms with E-state index in [1.165, 1.54) is 18.2 Å². The van der Waals surface area contributed by atoms with Gasteiger partial charge < -0.3 is 5.73 Å². The Morgan fingerprint density at radius 1 is 1.30 bits per heavy atom. The van der Waals surface area contributed by atoms with Crippen molar-refractivity contribution in [3.8, 4) is 6.07 Å². The van der Waals surface area contributed by atoms with Crippen molar-refractivity contribution >= 4 is 55.3 Å². The summed E-state index contributed by atoms with van der Waals surface area (Å²) >= 11 is 12.9. The number of thiophene rings is 1. The number of halogens is 2. The van der Waals surface area contributed by atoms with E-state index in [-0.39, 0.29) is 31.2 Å². The van der Waals surface area contributed by atoms with Gasteiger partial charge in [0.25, 0.3) is 10.0 Å². The second-order valence-electron chi connectivity index (χ2n) is 3.69. The third kappa shape index (κ3) is 2.83. The van der Waals surface area contributed by atoms with Crippen molar-refractivity contribution in [1.29, 1.82) is 5.26 Å². The SMILES string of the molecule is N#Cc1ccsc1NS(=O)(=O)c1c(Cl)cc(N)cc1Cl. The second kappa shape index (κ2) is 5.50. The largest absolute Gasteiger partial charge is 0.399 e. The van der Waals surface area contributed by atoms with Crippen LogP contribution in [0.2, 0.25) is 10.0 Å². The first-order valence-corrected chi connectivity index (χ1v) is 8.22. The van der Waals surface area contributed by atoms with Crippen LogP contribution in [0.4, 0.5) is 10.7 Å². The molecule has 0 atom stereocenters. The van der Waals surface area contributed by atoms with Crippen molar-refractivity contribution in [2.24, 2.45) is 0 Å². The third-order valence-electron chi connectivity index (χ3n) is 2.30. The lowest BCUT2D eigenvalue weighted by Gasteiger charge is -2.10. The molecule has 2 aromatic rings. The van der Waals surface area contributed by atoms with Gasteiger partial charge in [-0.15, -0.1) is 11.3 Å². The molecule has 0 bridgehead atoms. The lowest BCUT2D eigenvalue weighted by Crippen LogP contribution is -2.14. The van der Waals surface area contributed by atoms with Crippen LogP contribution >= 0.6 is 34.5 Å². The molecule has 0 fully saturated rings. The molecule has 0 amide bonds. The Kier molecular flexibility index (Phi) is 4.11. The summed E-state index contributed by atoms with van der Waals surface area (Å²) in [6.07, 6.45) is 0. The molecule has 0 aliphatic heterocycles. The van der Waals surface area contributed by atoms with Gasteiger partial charge in [-0.05, 0) is 23.6 Å². The van der Waals surface area contributed by atoms with Gasteiger partial charge in [-0.2, -0.15) is 5.26 Å². The minimum Gasteiger partial charge on any atom is -0.399 e. The van der Waals surface area contributed by atoms with Crippen LogP contribution in [-0.4, -0.2) is 8.42 Å². The van der Waals surface area contributed by atoms with Crippen LogP contribution in [0, 0.1) is 11.3 Å². The molecule has 1 aromatic carbocycles. The number of nitriles is 1. The van der Waals surface area contributed by atoms with E-state index in [4.69, 9.17) is 34.2 Å². The number of nitrogens with one attached hydrogen (secondary N) is 1. The Bertz CT molecular complexity index is 786. The molecule has 0 saturated carbocycles. The van der Waals surface area contributed by atoms with Crippen LogP contribution in [-0.2, 0) is 10.0 Å². The molecule has 0 saturated heterocycles. The lowest BCUT2D eigenvalue weighted by molar-refractivity contribution is 0.601. The summed E-state index contributed by atoms with van der Waals surface area (Å²) in [7, 11) is -4.00. The van der Waals surface area contributed by atoms with Gasteiger partial charge in [0.15, 0.2) is 0 Å². The summed E-state index contributed by atoms with van der Waals surface area (Å²) in [5, 5.41) is 10.5. The Morgan fingerprint density at radius 3 is 2.45 bits per heavy atom. The fourth-order valence-corrected chi connectivity index (χ4v) is 4.79. The zero-order chi connectivity index (χ0) is 14.9. The highest BCUT2D eigenvalue weighted by Crippen LogP contribution is 2.34. The van der Waals surface area contributed by atoms with Gasteiger partial charge in [0.05, 0.1) is 15.6 Å². The number of anilines is 2. The molecule has 0 spiro atoms. The predicted octanol–water partition coefficient (Wildman–Crippen LogP) is 3.31. The first-order valence-electron chi connectivity index (χ1n) is 5.10. The number of sulfonamides is 1. The van der Waals surface area contributed by atoms with E-state index in [0.29, 0.717) is 0 Å². The molecule has 3 N–H and O–H groups in total. The number of rotatable bonds is 3. The average Bonchev–Trinajstić information content (AvgIpc) is 2.73. The first-order chi connectivity index (χ1) is 9.35. The predicted molar refractivity (Wildman–Crippen MR) is 80.7 cm³/mol. The highest BCUT2D eigenvalue weighted by atomic mass is 35.5. The quantitative estimate of drug-likeness (QED) is 0.832. The molecule has 0 unspecified atom stereocenters. The van der Waals surface area contributed by atoms with Crippen molar-refractivity contribution in [3.63, 3.8) is 0 Å². The zero-order valence-electron chi connectivity index (χ0n) is 9.72. The van der Waals surface area contributed by atoms with E-state index in [0.717, 1.165) is 11.3 Å². The molecular formula is C11H7Cl2N3O2S2. The molecule has 1 heterocycles. The molecule has 9 heteroatoms. The van der Waals surface area contributed by atoms with Crippen LogP contribution < -0.4 is 10.5 Å². The van der Waals surface area contributed by atoms with Crippen LogP contribution in [0.25, 0.3) is 0 Å². The smallest absolute Gasteiger partial charge is 0.265 e. The van der Waals surface area contributed by atoms with Crippen molar-refractivity contribution in [2.75, 3.05) is 10.5 Å². The topological polar surface area (TPSA) is 96.0 Å². The van der Waals surface area contributed by atoms with E-state index >= 15 is 0 Å². The van der Waals surface area contributed by atoms with Crippen LogP contribution in [0.3, 0.4) is 0 Å². The van der Waals surface area contributed by atoms with Crippen molar-refractivity contribution in [3.05, 3.63) is 39.2 Å². The lowest BCUT2D eigenvalue weighted by atomic mass is 10.3.